The molecule has 0 bridgehead atoms. The largest absolute Gasteiger partial charge is 0.389 e. The van der Waals surface area contributed by atoms with E-state index in [1.54, 1.807) is 14.2 Å². The molecule has 14 heavy (non-hydrogen) atoms. The van der Waals surface area contributed by atoms with Gasteiger partial charge in [0.2, 0.25) is 0 Å². The van der Waals surface area contributed by atoms with E-state index in [9.17, 15) is 5.11 Å². The molecule has 1 rings (SSSR count). The molecule has 1 aliphatic rings. The van der Waals surface area contributed by atoms with Crippen molar-refractivity contribution in [1.82, 2.24) is 4.90 Å². The van der Waals surface area contributed by atoms with Crippen LogP contribution in [0.15, 0.2) is 0 Å². The molecule has 0 aromatic rings. The van der Waals surface area contributed by atoms with E-state index in [1.807, 2.05) is 0 Å². The zero-order valence-electron chi connectivity index (χ0n) is 9.11. The first-order chi connectivity index (χ1) is 6.76. The van der Waals surface area contributed by atoms with Crippen molar-refractivity contribution in [3.63, 3.8) is 0 Å². The number of β-amino-alcohol motifs (C(OH)–C–C–N with tert-alkyl or cyclic N) is 1. The summed E-state index contributed by atoms with van der Waals surface area (Å²) >= 11 is 0. The Hall–Kier alpha value is -0.160. The van der Waals surface area contributed by atoms with Crippen molar-refractivity contribution in [3.8, 4) is 0 Å². The number of likely N-dealkylation sites (tertiary alicyclic amines) is 1. The third kappa shape index (κ3) is 3.92. The van der Waals surface area contributed by atoms with E-state index in [0.29, 0.717) is 19.1 Å². The zero-order chi connectivity index (χ0) is 10.4. The summed E-state index contributed by atoms with van der Waals surface area (Å²) in [5, 5.41) is 9.53. The third-order valence-electron chi connectivity index (χ3n) is 2.60. The second kappa shape index (κ2) is 6.35. The van der Waals surface area contributed by atoms with Crippen LogP contribution in [-0.2, 0) is 9.47 Å². The standard InChI is InChI=1S/C10H21NO3/c1-13-7-9-3-4-11(5-9)6-10(12)8-14-2/h9-10,12H,3-8H2,1-2H3. The number of hydrogen-bond donors (Lipinski definition) is 1. The van der Waals surface area contributed by atoms with Crippen molar-refractivity contribution < 1.29 is 14.6 Å². The van der Waals surface area contributed by atoms with Gasteiger partial charge in [0.15, 0.2) is 0 Å². The average Bonchev–Trinajstić information content (AvgIpc) is 2.53. The van der Waals surface area contributed by atoms with Crippen LogP contribution in [0, 0.1) is 5.92 Å². The summed E-state index contributed by atoms with van der Waals surface area (Å²) in [5.41, 5.74) is 0. The molecule has 0 aliphatic carbocycles. The van der Waals surface area contributed by atoms with Gasteiger partial charge in [-0.15, -0.1) is 0 Å². The van der Waals surface area contributed by atoms with E-state index in [2.05, 4.69) is 4.90 Å². The van der Waals surface area contributed by atoms with E-state index >= 15 is 0 Å². The average molecular weight is 203 g/mol. The van der Waals surface area contributed by atoms with Crippen LogP contribution in [0.25, 0.3) is 0 Å². The highest BCUT2D eigenvalue weighted by Gasteiger charge is 2.23. The van der Waals surface area contributed by atoms with Gasteiger partial charge in [0.25, 0.3) is 0 Å². The molecule has 1 heterocycles. The SMILES string of the molecule is COCC(O)CN1CCC(COC)C1. The molecule has 0 aromatic carbocycles. The Kier molecular flexibility index (Phi) is 5.40. The number of nitrogens with zero attached hydrogens (tertiary/aromatic N) is 1. The van der Waals surface area contributed by atoms with Crippen LogP contribution in [0.2, 0.25) is 0 Å². The van der Waals surface area contributed by atoms with Crippen molar-refractivity contribution in [1.29, 1.82) is 0 Å². The van der Waals surface area contributed by atoms with Crippen LogP contribution in [0.3, 0.4) is 0 Å². The molecular weight excluding hydrogens is 182 g/mol. The summed E-state index contributed by atoms with van der Waals surface area (Å²) in [4.78, 5) is 2.27. The predicted molar refractivity (Wildman–Crippen MR) is 54.3 cm³/mol. The minimum atomic E-state index is -0.360. The van der Waals surface area contributed by atoms with E-state index < -0.39 is 0 Å². The number of hydrogen-bond acceptors (Lipinski definition) is 4. The molecule has 0 aromatic heterocycles. The third-order valence-corrected chi connectivity index (χ3v) is 2.60. The number of aliphatic hydroxyl groups is 1. The number of aliphatic hydroxyl groups excluding tert-OH is 1. The summed E-state index contributed by atoms with van der Waals surface area (Å²) in [5.74, 6) is 0.634. The molecule has 1 saturated heterocycles. The summed E-state index contributed by atoms with van der Waals surface area (Å²) in [6.07, 6.45) is 0.814. The Morgan fingerprint density at radius 2 is 2.21 bits per heavy atom. The Bertz CT molecular complexity index is 154. The smallest absolute Gasteiger partial charge is 0.0900 e. The maximum absolute atomic E-state index is 9.53. The first kappa shape index (κ1) is 11.9. The van der Waals surface area contributed by atoms with Gasteiger partial charge in [-0.25, -0.2) is 0 Å². The van der Waals surface area contributed by atoms with Crippen LogP contribution in [-0.4, -0.2) is 63.2 Å². The fraction of sp³-hybridized carbons (Fsp3) is 1.00. The normalized spacial score (nSPS) is 25.5. The second-order valence-electron chi connectivity index (χ2n) is 3.98. The van der Waals surface area contributed by atoms with Gasteiger partial charge >= 0.3 is 0 Å². The van der Waals surface area contributed by atoms with Gasteiger partial charge in [-0.3, -0.25) is 0 Å². The van der Waals surface area contributed by atoms with Gasteiger partial charge in [0, 0.05) is 27.3 Å². The number of methoxy groups -OCH3 is 2. The molecule has 0 amide bonds. The molecule has 4 nitrogen and oxygen atoms in total. The lowest BCUT2D eigenvalue weighted by Crippen LogP contribution is -2.33. The Balaban J connectivity index is 2.15. The highest BCUT2D eigenvalue weighted by molar-refractivity contribution is 4.77. The quantitative estimate of drug-likeness (QED) is 0.658. The topological polar surface area (TPSA) is 41.9 Å². The minimum absolute atomic E-state index is 0.360. The minimum Gasteiger partial charge on any atom is -0.389 e. The van der Waals surface area contributed by atoms with Crippen molar-refractivity contribution in [2.24, 2.45) is 5.92 Å². The highest BCUT2D eigenvalue weighted by atomic mass is 16.5. The molecule has 2 atom stereocenters. The Morgan fingerprint density at radius 1 is 1.43 bits per heavy atom. The molecule has 4 heteroatoms. The van der Waals surface area contributed by atoms with Gasteiger partial charge in [0.05, 0.1) is 19.3 Å². The fourth-order valence-electron chi connectivity index (χ4n) is 1.99. The molecular formula is C10H21NO3. The second-order valence-corrected chi connectivity index (χ2v) is 3.98. The molecule has 1 fully saturated rings. The van der Waals surface area contributed by atoms with Crippen LogP contribution >= 0.6 is 0 Å². The monoisotopic (exact) mass is 203 g/mol. The number of rotatable bonds is 6. The molecule has 1 N–H and O–H groups in total. The van der Waals surface area contributed by atoms with Gasteiger partial charge in [0.1, 0.15) is 0 Å². The van der Waals surface area contributed by atoms with E-state index in [1.165, 1.54) is 6.42 Å². The van der Waals surface area contributed by atoms with Crippen molar-refractivity contribution in [2.45, 2.75) is 12.5 Å². The highest BCUT2D eigenvalue weighted by Crippen LogP contribution is 2.16. The van der Waals surface area contributed by atoms with E-state index in [-0.39, 0.29) is 6.10 Å². The van der Waals surface area contributed by atoms with Crippen LogP contribution in [0.5, 0.6) is 0 Å². The van der Waals surface area contributed by atoms with Crippen LogP contribution in [0.1, 0.15) is 6.42 Å². The van der Waals surface area contributed by atoms with Gasteiger partial charge in [-0.05, 0) is 18.9 Å². The van der Waals surface area contributed by atoms with Crippen molar-refractivity contribution >= 4 is 0 Å². The van der Waals surface area contributed by atoms with Crippen molar-refractivity contribution in [3.05, 3.63) is 0 Å². The van der Waals surface area contributed by atoms with Crippen molar-refractivity contribution in [2.75, 3.05) is 47.1 Å². The van der Waals surface area contributed by atoms with E-state index in [4.69, 9.17) is 9.47 Å². The fourth-order valence-corrected chi connectivity index (χ4v) is 1.99. The lowest BCUT2D eigenvalue weighted by atomic mass is 10.1. The van der Waals surface area contributed by atoms with Gasteiger partial charge < -0.3 is 19.5 Å². The Labute approximate surface area is 85.8 Å². The summed E-state index contributed by atoms with van der Waals surface area (Å²) in [7, 11) is 3.35. The molecule has 2 unspecified atom stereocenters. The first-order valence-electron chi connectivity index (χ1n) is 5.14. The van der Waals surface area contributed by atoms with E-state index in [0.717, 1.165) is 19.7 Å². The molecule has 84 valence electrons. The lowest BCUT2D eigenvalue weighted by Gasteiger charge is -2.19. The maximum Gasteiger partial charge on any atom is 0.0900 e. The first-order valence-corrected chi connectivity index (χ1v) is 5.14. The Morgan fingerprint density at radius 3 is 2.86 bits per heavy atom. The lowest BCUT2D eigenvalue weighted by molar-refractivity contribution is 0.0410. The molecule has 0 radical (unpaired) electrons. The predicted octanol–water partition coefficient (Wildman–Crippen LogP) is -0.0380. The summed E-state index contributed by atoms with van der Waals surface area (Å²) in [6.45, 7) is 4.07. The summed E-state index contributed by atoms with van der Waals surface area (Å²) < 4.78 is 10.00. The molecule has 1 aliphatic heterocycles. The zero-order valence-corrected chi connectivity index (χ0v) is 9.11. The number of ether oxygens (including phenoxy) is 2. The maximum atomic E-state index is 9.53. The van der Waals surface area contributed by atoms with Crippen LogP contribution in [0.4, 0.5) is 0 Å². The van der Waals surface area contributed by atoms with Gasteiger partial charge in [-0.1, -0.05) is 0 Å². The van der Waals surface area contributed by atoms with Gasteiger partial charge in [-0.2, -0.15) is 0 Å². The molecule has 0 saturated carbocycles. The molecule has 0 spiro atoms. The summed E-state index contributed by atoms with van der Waals surface area (Å²) in [6, 6.07) is 0. The van der Waals surface area contributed by atoms with Crippen LogP contribution < -0.4 is 0 Å².